The van der Waals surface area contributed by atoms with E-state index in [9.17, 15) is 5.11 Å². The molecule has 4 fully saturated rings. The second kappa shape index (κ2) is 6.11. The number of hydrogen-bond acceptors (Lipinski definition) is 1. The fourth-order valence-corrected chi connectivity index (χ4v) is 8.07. The summed E-state index contributed by atoms with van der Waals surface area (Å²) in [6, 6.07) is 0. The van der Waals surface area contributed by atoms with E-state index in [1.165, 1.54) is 51.4 Å². The Hall–Kier alpha value is -0.300. The highest BCUT2D eigenvalue weighted by Crippen LogP contribution is 2.68. The van der Waals surface area contributed by atoms with Gasteiger partial charge in [0.05, 0.1) is 5.60 Å². The Labute approximate surface area is 155 Å². The average molecular weight is 345 g/mol. The average Bonchev–Trinajstić information content (AvgIpc) is 2.93. The summed E-state index contributed by atoms with van der Waals surface area (Å²) in [5.74, 6) is 3.58. The zero-order valence-corrected chi connectivity index (χ0v) is 17.1. The monoisotopic (exact) mass is 344 g/mol. The van der Waals surface area contributed by atoms with Gasteiger partial charge in [0.15, 0.2) is 0 Å². The summed E-state index contributed by atoms with van der Waals surface area (Å²) in [6.45, 7) is 9.70. The Morgan fingerprint density at radius 2 is 1.80 bits per heavy atom. The first-order chi connectivity index (χ1) is 11.9. The van der Waals surface area contributed by atoms with Crippen LogP contribution >= 0.6 is 0 Å². The molecule has 0 bridgehead atoms. The van der Waals surface area contributed by atoms with E-state index < -0.39 is 0 Å². The summed E-state index contributed by atoms with van der Waals surface area (Å²) < 4.78 is 0. The molecule has 0 aromatic rings. The molecule has 4 aliphatic carbocycles. The van der Waals surface area contributed by atoms with Gasteiger partial charge in [0.2, 0.25) is 0 Å². The van der Waals surface area contributed by atoms with Crippen molar-refractivity contribution in [3.05, 3.63) is 11.6 Å². The van der Waals surface area contributed by atoms with Gasteiger partial charge in [-0.05, 0) is 105 Å². The normalized spacial score (nSPS) is 54.0. The molecule has 0 unspecified atom stereocenters. The van der Waals surface area contributed by atoms with Crippen LogP contribution in [-0.4, -0.2) is 10.7 Å². The summed E-state index contributed by atoms with van der Waals surface area (Å²) in [6.07, 6.45) is 16.6. The third-order valence-electron chi connectivity index (χ3n) is 9.78. The predicted octanol–water partition coefficient (Wildman–Crippen LogP) is 6.51. The number of allylic oxidation sites excluding steroid dienone is 2. The highest BCUT2D eigenvalue weighted by Gasteiger charge is 2.59. The maximum absolute atomic E-state index is 10.9. The van der Waals surface area contributed by atoms with Gasteiger partial charge in [0, 0.05) is 0 Å². The quantitative estimate of drug-likeness (QED) is 0.566. The van der Waals surface area contributed by atoms with Crippen LogP contribution in [0.1, 0.15) is 98.3 Å². The fraction of sp³-hybridized carbons (Fsp3) is 0.917. The van der Waals surface area contributed by atoms with E-state index in [-0.39, 0.29) is 5.60 Å². The van der Waals surface area contributed by atoms with E-state index in [0.717, 1.165) is 42.9 Å². The zero-order valence-electron chi connectivity index (χ0n) is 17.1. The van der Waals surface area contributed by atoms with Crippen LogP contribution < -0.4 is 0 Å². The SMILES string of the molecule is CC/C=C1/CC[C@H]2[C@@H]3CC[C@H]4C[C@](O)(CC)CC[C@]4(C)[C@H]3CC[C@]12C. The fourth-order valence-electron chi connectivity index (χ4n) is 8.07. The third kappa shape index (κ3) is 2.59. The number of aliphatic hydroxyl groups is 1. The van der Waals surface area contributed by atoms with Crippen molar-refractivity contribution < 1.29 is 5.11 Å². The van der Waals surface area contributed by atoms with E-state index >= 15 is 0 Å². The summed E-state index contributed by atoms with van der Waals surface area (Å²) in [4.78, 5) is 0. The standard InChI is InChI=1S/C24H40O/c1-5-7-17-9-11-20-19-10-8-18-16-24(25,6-2)15-14-23(18,4)21(19)12-13-22(17,20)3/h7,18-21,25H,5-6,8-16H2,1-4H3/b17-7-/t18-,19-,20-,21-,22+,23-,24-/m0/s1. The largest absolute Gasteiger partial charge is 0.390 e. The second-order valence-corrected chi connectivity index (χ2v) is 10.6. The van der Waals surface area contributed by atoms with Crippen LogP contribution in [0.15, 0.2) is 11.6 Å². The minimum atomic E-state index is -0.357. The molecule has 1 heteroatoms. The molecular weight excluding hydrogens is 304 g/mol. The molecule has 4 rings (SSSR count). The Balaban J connectivity index is 1.59. The van der Waals surface area contributed by atoms with Crippen molar-refractivity contribution in [1.82, 2.24) is 0 Å². The molecular formula is C24H40O. The second-order valence-electron chi connectivity index (χ2n) is 10.6. The maximum Gasteiger partial charge on any atom is 0.0648 e. The molecule has 25 heavy (non-hydrogen) atoms. The molecule has 142 valence electrons. The zero-order chi connectivity index (χ0) is 17.9. The van der Waals surface area contributed by atoms with Gasteiger partial charge in [0.25, 0.3) is 0 Å². The number of hydrogen-bond donors (Lipinski definition) is 1. The minimum absolute atomic E-state index is 0.357. The Morgan fingerprint density at radius 3 is 2.52 bits per heavy atom. The van der Waals surface area contributed by atoms with E-state index in [0.29, 0.717) is 10.8 Å². The van der Waals surface area contributed by atoms with Crippen LogP contribution in [-0.2, 0) is 0 Å². The first-order valence-electron chi connectivity index (χ1n) is 11.3. The lowest BCUT2D eigenvalue weighted by atomic mass is 9.44. The van der Waals surface area contributed by atoms with Crippen molar-refractivity contribution in [2.75, 3.05) is 0 Å². The Morgan fingerprint density at radius 1 is 1.00 bits per heavy atom. The van der Waals surface area contributed by atoms with Gasteiger partial charge in [-0.1, -0.05) is 39.3 Å². The molecule has 0 radical (unpaired) electrons. The van der Waals surface area contributed by atoms with E-state index in [1.54, 1.807) is 5.57 Å². The van der Waals surface area contributed by atoms with Crippen LogP contribution in [0.25, 0.3) is 0 Å². The lowest BCUT2D eigenvalue weighted by Crippen LogP contribution is -2.55. The molecule has 1 nitrogen and oxygen atoms in total. The smallest absolute Gasteiger partial charge is 0.0648 e. The first kappa shape index (κ1) is 18.1. The summed E-state index contributed by atoms with van der Waals surface area (Å²) in [7, 11) is 0. The molecule has 0 spiro atoms. The summed E-state index contributed by atoms with van der Waals surface area (Å²) >= 11 is 0. The van der Waals surface area contributed by atoms with Crippen molar-refractivity contribution in [3.63, 3.8) is 0 Å². The molecule has 0 aromatic carbocycles. The van der Waals surface area contributed by atoms with Gasteiger partial charge in [-0.2, -0.15) is 0 Å². The lowest BCUT2D eigenvalue weighted by Gasteiger charge is -2.61. The van der Waals surface area contributed by atoms with Crippen LogP contribution in [0.5, 0.6) is 0 Å². The van der Waals surface area contributed by atoms with E-state index in [4.69, 9.17) is 0 Å². The van der Waals surface area contributed by atoms with Crippen LogP contribution in [0, 0.1) is 34.5 Å². The van der Waals surface area contributed by atoms with E-state index in [1.807, 2.05) is 0 Å². The topological polar surface area (TPSA) is 20.2 Å². The molecule has 7 atom stereocenters. The molecule has 1 N–H and O–H groups in total. The molecule has 0 amide bonds. The van der Waals surface area contributed by atoms with Gasteiger partial charge < -0.3 is 5.11 Å². The molecule has 0 saturated heterocycles. The number of rotatable bonds is 2. The highest BCUT2D eigenvalue weighted by molar-refractivity contribution is 5.24. The van der Waals surface area contributed by atoms with E-state index in [2.05, 4.69) is 33.8 Å². The molecule has 0 aliphatic heterocycles. The number of fused-ring (bicyclic) bond motifs is 5. The van der Waals surface area contributed by atoms with Gasteiger partial charge in [-0.25, -0.2) is 0 Å². The third-order valence-corrected chi connectivity index (χ3v) is 9.78. The molecule has 0 heterocycles. The first-order valence-corrected chi connectivity index (χ1v) is 11.3. The van der Waals surface area contributed by atoms with Crippen molar-refractivity contribution in [1.29, 1.82) is 0 Å². The van der Waals surface area contributed by atoms with Crippen LogP contribution in [0.2, 0.25) is 0 Å². The maximum atomic E-state index is 10.9. The van der Waals surface area contributed by atoms with Crippen molar-refractivity contribution in [2.45, 2.75) is 104 Å². The Kier molecular flexibility index (Phi) is 4.42. The van der Waals surface area contributed by atoms with Gasteiger partial charge in [-0.15, -0.1) is 0 Å². The van der Waals surface area contributed by atoms with Crippen LogP contribution in [0.4, 0.5) is 0 Å². The van der Waals surface area contributed by atoms with Crippen molar-refractivity contribution in [2.24, 2.45) is 34.5 Å². The minimum Gasteiger partial charge on any atom is -0.390 e. The highest BCUT2D eigenvalue weighted by atomic mass is 16.3. The summed E-state index contributed by atoms with van der Waals surface area (Å²) in [5, 5.41) is 10.9. The molecule has 4 aliphatic rings. The van der Waals surface area contributed by atoms with Gasteiger partial charge in [-0.3, -0.25) is 0 Å². The molecule has 4 saturated carbocycles. The summed E-state index contributed by atoms with van der Waals surface area (Å²) in [5.41, 5.74) is 2.46. The molecule has 0 aromatic heterocycles. The van der Waals surface area contributed by atoms with Crippen molar-refractivity contribution in [3.8, 4) is 0 Å². The predicted molar refractivity (Wildman–Crippen MR) is 105 cm³/mol. The van der Waals surface area contributed by atoms with Crippen LogP contribution in [0.3, 0.4) is 0 Å². The van der Waals surface area contributed by atoms with Gasteiger partial charge in [0.1, 0.15) is 0 Å². The van der Waals surface area contributed by atoms with Gasteiger partial charge >= 0.3 is 0 Å². The lowest BCUT2D eigenvalue weighted by molar-refractivity contribution is -0.144. The Bertz CT molecular complexity index is 550. The van der Waals surface area contributed by atoms with Crippen molar-refractivity contribution >= 4 is 0 Å².